The molecule has 0 spiro atoms. The number of aliphatic hydroxyl groups is 1. The van der Waals surface area contributed by atoms with Gasteiger partial charge in [-0.3, -0.25) is 4.79 Å². The Labute approximate surface area is 115 Å². The Bertz CT molecular complexity index is 628. The predicted molar refractivity (Wildman–Crippen MR) is 70.7 cm³/mol. The third-order valence-electron chi connectivity index (χ3n) is 2.64. The number of halogens is 1. The third kappa shape index (κ3) is 3.06. The SMILES string of the molecule is C[C@@H](O)CNS(=O)(=O)c1cc2c(cc1Cl)NC(=O)C2. The van der Waals surface area contributed by atoms with Gasteiger partial charge in [0.1, 0.15) is 4.90 Å². The van der Waals surface area contributed by atoms with Gasteiger partial charge < -0.3 is 10.4 Å². The smallest absolute Gasteiger partial charge is 0.242 e. The summed E-state index contributed by atoms with van der Waals surface area (Å²) in [6.07, 6.45) is -0.669. The van der Waals surface area contributed by atoms with E-state index in [2.05, 4.69) is 10.0 Å². The highest BCUT2D eigenvalue weighted by Crippen LogP contribution is 2.32. The van der Waals surface area contributed by atoms with Gasteiger partial charge in [0.2, 0.25) is 15.9 Å². The molecule has 1 atom stereocenters. The summed E-state index contributed by atoms with van der Waals surface area (Å²) in [6.45, 7) is 1.36. The van der Waals surface area contributed by atoms with Gasteiger partial charge in [-0.25, -0.2) is 13.1 Å². The van der Waals surface area contributed by atoms with Gasteiger partial charge in [-0.1, -0.05) is 11.6 Å². The molecule has 2 rings (SSSR count). The lowest BCUT2D eigenvalue weighted by molar-refractivity contribution is -0.115. The number of hydrogen-bond acceptors (Lipinski definition) is 4. The summed E-state index contributed by atoms with van der Waals surface area (Å²) in [5, 5.41) is 11.7. The number of rotatable bonds is 4. The summed E-state index contributed by atoms with van der Waals surface area (Å²) in [5.41, 5.74) is 1.12. The highest BCUT2D eigenvalue weighted by atomic mass is 35.5. The molecule has 1 aromatic rings. The van der Waals surface area contributed by atoms with Crippen molar-refractivity contribution in [2.24, 2.45) is 0 Å². The summed E-state index contributed by atoms with van der Waals surface area (Å²) < 4.78 is 26.3. The van der Waals surface area contributed by atoms with E-state index in [0.717, 1.165) is 0 Å². The second-order valence-electron chi connectivity index (χ2n) is 4.37. The van der Waals surface area contributed by atoms with Gasteiger partial charge in [0.15, 0.2) is 0 Å². The molecule has 0 bridgehead atoms. The molecule has 1 aliphatic heterocycles. The molecule has 0 aromatic heterocycles. The largest absolute Gasteiger partial charge is 0.392 e. The van der Waals surface area contributed by atoms with Crippen molar-refractivity contribution in [3.63, 3.8) is 0 Å². The van der Waals surface area contributed by atoms with E-state index in [0.29, 0.717) is 11.3 Å². The Morgan fingerprint density at radius 3 is 2.84 bits per heavy atom. The molecule has 19 heavy (non-hydrogen) atoms. The number of hydrogen-bond donors (Lipinski definition) is 3. The lowest BCUT2D eigenvalue weighted by Crippen LogP contribution is -2.30. The number of carbonyl (C=O) groups is 1. The maximum Gasteiger partial charge on any atom is 0.242 e. The Balaban J connectivity index is 2.36. The zero-order chi connectivity index (χ0) is 14.2. The minimum atomic E-state index is -3.81. The van der Waals surface area contributed by atoms with Crippen LogP contribution >= 0.6 is 11.6 Å². The molecule has 1 aromatic carbocycles. The van der Waals surface area contributed by atoms with Gasteiger partial charge in [0.25, 0.3) is 0 Å². The van der Waals surface area contributed by atoms with Crippen molar-refractivity contribution >= 4 is 33.2 Å². The molecule has 0 saturated carbocycles. The summed E-state index contributed by atoms with van der Waals surface area (Å²) in [4.78, 5) is 11.1. The fraction of sp³-hybridized carbons (Fsp3) is 0.364. The number of amides is 1. The minimum absolute atomic E-state index is 0.0269. The van der Waals surface area contributed by atoms with Crippen LogP contribution in [-0.4, -0.2) is 32.1 Å². The highest BCUT2D eigenvalue weighted by Gasteiger charge is 2.25. The van der Waals surface area contributed by atoms with Gasteiger partial charge in [0, 0.05) is 12.2 Å². The minimum Gasteiger partial charge on any atom is -0.392 e. The number of fused-ring (bicyclic) bond motifs is 1. The van der Waals surface area contributed by atoms with Crippen LogP contribution in [0.2, 0.25) is 5.02 Å². The van der Waals surface area contributed by atoms with E-state index in [-0.39, 0.29) is 28.8 Å². The molecule has 8 heteroatoms. The number of anilines is 1. The van der Waals surface area contributed by atoms with Crippen LogP contribution in [0.15, 0.2) is 17.0 Å². The number of aliphatic hydroxyl groups excluding tert-OH is 1. The molecule has 0 aliphatic carbocycles. The first-order valence-corrected chi connectivity index (χ1v) is 7.45. The standard InChI is InChI=1S/C11H13ClN2O4S/c1-6(15)5-13-19(17,18)10-2-7-3-11(16)14-9(7)4-8(10)12/h2,4,6,13,15H,3,5H2,1H3,(H,14,16)/t6-/m1/s1. The fourth-order valence-electron chi connectivity index (χ4n) is 1.74. The van der Waals surface area contributed by atoms with Crippen LogP contribution in [0.25, 0.3) is 0 Å². The van der Waals surface area contributed by atoms with Gasteiger partial charge in [-0.05, 0) is 24.6 Å². The van der Waals surface area contributed by atoms with Gasteiger partial charge in [0.05, 0.1) is 17.5 Å². The van der Waals surface area contributed by atoms with Crippen molar-refractivity contribution in [1.29, 1.82) is 0 Å². The van der Waals surface area contributed by atoms with E-state index >= 15 is 0 Å². The molecular formula is C11H13ClN2O4S. The van der Waals surface area contributed by atoms with E-state index in [1.807, 2.05) is 0 Å². The van der Waals surface area contributed by atoms with Gasteiger partial charge in [-0.15, -0.1) is 0 Å². The van der Waals surface area contributed by atoms with E-state index in [1.54, 1.807) is 0 Å². The van der Waals surface area contributed by atoms with Crippen molar-refractivity contribution in [2.75, 3.05) is 11.9 Å². The lowest BCUT2D eigenvalue weighted by Gasteiger charge is -2.11. The summed E-state index contributed by atoms with van der Waals surface area (Å²) in [7, 11) is -3.81. The normalized spacial score (nSPS) is 16.1. The first-order valence-electron chi connectivity index (χ1n) is 5.59. The topological polar surface area (TPSA) is 95.5 Å². The molecule has 0 fully saturated rings. The van der Waals surface area contributed by atoms with E-state index in [1.165, 1.54) is 19.1 Å². The third-order valence-corrected chi connectivity index (χ3v) is 4.53. The Kier molecular flexibility index (Phi) is 3.82. The molecule has 6 nitrogen and oxygen atoms in total. The number of nitrogens with one attached hydrogen (secondary N) is 2. The van der Waals surface area contributed by atoms with Crippen LogP contribution in [0.1, 0.15) is 12.5 Å². The molecule has 1 heterocycles. The van der Waals surface area contributed by atoms with Crippen molar-refractivity contribution in [2.45, 2.75) is 24.3 Å². The lowest BCUT2D eigenvalue weighted by atomic mass is 10.2. The van der Waals surface area contributed by atoms with Crippen LogP contribution < -0.4 is 10.0 Å². The van der Waals surface area contributed by atoms with E-state index in [9.17, 15) is 13.2 Å². The maximum atomic E-state index is 12.0. The van der Waals surface area contributed by atoms with E-state index < -0.39 is 16.1 Å². The Morgan fingerprint density at radius 1 is 1.53 bits per heavy atom. The fourth-order valence-corrected chi connectivity index (χ4v) is 3.44. The van der Waals surface area contributed by atoms with E-state index in [4.69, 9.17) is 16.7 Å². The van der Waals surface area contributed by atoms with Gasteiger partial charge in [-0.2, -0.15) is 0 Å². The molecule has 0 unspecified atom stereocenters. The van der Waals surface area contributed by atoms with Crippen molar-refractivity contribution in [3.05, 3.63) is 22.7 Å². The molecule has 0 saturated heterocycles. The van der Waals surface area contributed by atoms with Crippen LogP contribution in [0.5, 0.6) is 0 Å². The van der Waals surface area contributed by atoms with Crippen molar-refractivity contribution in [1.82, 2.24) is 4.72 Å². The average Bonchev–Trinajstić information content (AvgIpc) is 2.64. The molecule has 1 aliphatic rings. The molecule has 3 N–H and O–H groups in total. The molecule has 0 radical (unpaired) electrons. The second-order valence-corrected chi connectivity index (χ2v) is 6.51. The number of sulfonamides is 1. The zero-order valence-electron chi connectivity index (χ0n) is 10.1. The van der Waals surface area contributed by atoms with Crippen LogP contribution in [-0.2, 0) is 21.2 Å². The first-order chi connectivity index (χ1) is 8.79. The Hall–Kier alpha value is -1.15. The summed E-state index contributed by atoms with van der Waals surface area (Å²) >= 11 is 5.92. The second kappa shape index (κ2) is 5.09. The first kappa shape index (κ1) is 14.3. The monoisotopic (exact) mass is 304 g/mol. The number of benzene rings is 1. The van der Waals surface area contributed by atoms with Crippen LogP contribution in [0.4, 0.5) is 5.69 Å². The summed E-state index contributed by atoms with van der Waals surface area (Å²) in [5.74, 6) is -0.197. The maximum absolute atomic E-state index is 12.0. The van der Waals surface area contributed by atoms with Crippen LogP contribution in [0, 0.1) is 0 Å². The Morgan fingerprint density at radius 2 is 2.21 bits per heavy atom. The zero-order valence-corrected chi connectivity index (χ0v) is 11.7. The molecule has 104 valence electrons. The van der Waals surface area contributed by atoms with Crippen LogP contribution in [0.3, 0.4) is 0 Å². The molecule has 1 amide bonds. The van der Waals surface area contributed by atoms with Crippen molar-refractivity contribution in [3.8, 4) is 0 Å². The summed E-state index contributed by atoms with van der Waals surface area (Å²) in [6, 6.07) is 2.79. The molecular weight excluding hydrogens is 292 g/mol. The quantitative estimate of drug-likeness (QED) is 0.754. The van der Waals surface area contributed by atoms with Crippen molar-refractivity contribution < 1.29 is 18.3 Å². The predicted octanol–water partition coefficient (Wildman–Crippen LogP) is 0.494. The highest BCUT2D eigenvalue weighted by molar-refractivity contribution is 7.89. The average molecular weight is 305 g/mol. The number of carbonyl (C=O) groups excluding carboxylic acids is 1. The van der Waals surface area contributed by atoms with Gasteiger partial charge >= 0.3 is 0 Å².